The Morgan fingerprint density at radius 1 is 1.24 bits per heavy atom. The van der Waals surface area contributed by atoms with Crippen molar-refractivity contribution >= 4 is 23.2 Å². The molecule has 134 valence electrons. The monoisotopic (exact) mass is 360 g/mol. The highest BCUT2D eigenvalue weighted by molar-refractivity contribution is 6.30. The molecule has 0 spiro atoms. The fourth-order valence-corrected chi connectivity index (χ4v) is 5.35. The van der Waals surface area contributed by atoms with Crippen LogP contribution >= 0.6 is 11.6 Å². The van der Waals surface area contributed by atoms with E-state index in [9.17, 15) is 4.79 Å². The Bertz CT molecular complexity index is 728. The first kappa shape index (κ1) is 16.9. The van der Waals surface area contributed by atoms with E-state index in [0.29, 0.717) is 22.9 Å². The first-order valence-electron chi connectivity index (χ1n) is 9.04. The number of nitrogens with zero attached hydrogens (tertiary/aromatic N) is 2. The van der Waals surface area contributed by atoms with Gasteiger partial charge in [0.25, 0.3) is 5.91 Å². The van der Waals surface area contributed by atoms with Crippen LogP contribution in [0.15, 0.2) is 29.4 Å². The Kier molecular flexibility index (Phi) is 3.87. The van der Waals surface area contributed by atoms with Crippen molar-refractivity contribution < 1.29 is 9.63 Å². The van der Waals surface area contributed by atoms with Crippen LogP contribution in [-0.2, 0) is 9.63 Å². The fourth-order valence-electron chi connectivity index (χ4n) is 5.23. The van der Waals surface area contributed by atoms with Crippen molar-refractivity contribution in [1.82, 2.24) is 4.90 Å². The highest BCUT2D eigenvalue weighted by atomic mass is 35.5. The van der Waals surface area contributed by atoms with Crippen molar-refractivity contribution in [2.45, 2.75) is 58.6 Å². The lowest BCUT2D eigenvalue weighted by molar-refractivity contribution is -0.143. The van der Waals surface area contributed by atoms with Crippen molar-refractivity contribution in [2.24, 2.45) is 16.0 Å². The van der Waals surface area contributed by atoms with Gasteiger partial charge in [0.15, 0.2) is 0 Å². The van der Waals surface area contributed by atoms with Crippen LogP contribution in [-0.4, -0.2) is 35.2 Å². The van der Waals surface area contributed by atoms with E-state index in [2.05, 4.69) is 30.8 Å². The van der Waals surface area contributed by atoms with Crippen LogP contribution in [0.25, 0.3) is 0 Å². The lowest BCUT2D eigenvalue weighted by atomic mass is 9.65. The van der Waals surface area contributed by atoms with Gasteiger partial charge < -0.3 is 9.74 Å². The van der Waals surface area contributed by atoms with Crippen molar-refractivity contribution in [3.63, 3.8) is 0 Å². The molecule has 0 radical (unpaired) electrons. The van der Waals surface area contributed by atoms with E-state index >= 15 is 0 Å². The summed E-state index contributed by atoms with van der Waals surface area (Å²) in [6.07, 6.45) is 3.41. The minimum atomic E-state index is -0.489. The molecule has 1 saturated heterocycles. The minimum absolute atomic E-state index is 0.0964. The number of amides is 1. The van der Waals surface area contributed by atoms with Gasteiger partial charge in [-0.05, 0) is 47.8 Å². The van der Waals surface area contributed by atoms with Crippen molar-refractivity contribution in [1.29, 1.82) is 0 Å². The normalized spacial score (nSPS) is 33.1. The molecule has 1 amide bonds. The summed E-state index contributed by atoms with van der Waals surface area (Å²) in [7, 11) is 0. The Balaban J connectivity index is 1.46. The van der Waals surface area contributed by atoms with Gasteiger partial charge in [0.2, 0.25) is 6.10 Å². The van der Waals surface area contributed by atoms with E-state index in [1.54, 1.807) is 0 Å². The third-order valence-electron chi connectivity index (χ3n) is 5.82. The number of carbonyl (C=O) groups is 1. The standard InChI is InChI=1S/C20H25ClN2O2/c1-19(2)9-15-10-20(3,11-19)12-23(15)18(24)17-8-16(22-25-17)13-4-6-14(21)7-5-13/h4-7,15,17H,8-12H2,1-3H3/t15-,17-,20-/m1/s1. The third kappa shape index (κ3) is 3.17. The molecule has 0 N–H and O–H groups in total. The number of fused-ring (bicyclic) bond motifs is 2. The molecule has 3 atom stereocenters. The van der Waals surface area contributed by atoms with Gasteiger partial charge in [-0.15, -0.1) is 0 Å². The first-order valence-corrected chi connectivity index (χ1v) is 9.42. The zero-order valence-corrected chi connectivity index (χ0v) is 15.8. The Morgan fingerprint density at radius 3 is 2.68 bits per heavy atom. The zero-order valence-electron chi connectivity index (χ0n) is 15.1. The molecule has 3 aliphatic rings. The number of rotatable bonds is 2. The predicted molar refractivity (Wildman–Crippen MR) is 98.7 cm³/mol. The first-order chi connectivity index (χ1) is 11.7. The van der Waals surface area contributed by atoms with E-state index in [0.717, 1.165) is 30.7 Å². The number of hydrogen-bond donors (Lipinski definition) is 0. The van der Waals surface area contributed by atoms with Gasteiger partial charge in [0.1, 0.15) is 0 Å². The van der Waals surface area contributed by atoms with Crippen LogP contribution in [0.2, 0.25) is 5.02 Å². The predicted octanol–water partition coefficient (Wildman–Crippen LogP) is 4.26. The Morgan fingerprint density at radius 2 is 1.96 bits per heavy atom. The number of likely N-dealkylation sites (tertiary alicyclic amines) is 1. The average Bonchev–Trinajstić information content (AvgIpc) is 3.09. The molecule has 1 aromatic carbocycles. The summed E-state index contributed by atoms with van der Waals surface area (Å²) < 4.78 is 0. The summed E-state index contributed by atoms with van der Waals surface area (Å²) in [5, 5.41) is 4.86. The van der Waals surface area contributed by atoms with Crippen molar-refractivity contribution in [3.8, 4) is 0 Å². The number of oxime groups is 1. The summed E-state index contributed by atoms with van der Waals surface area (Å²) in [5.74, 6) is 0.0964. The van der Waals surface area contributed by atoms with E-state index in [1.165, 1.54) is 6.42 Å². The SMILES string of the molecule is CC1(C)C[C@@H]2C[C@@](C)(CN2C(=O)[C@H]2CC(c3ccc(Cl)cc3)=NO2)C1. The molecule has 2 heterocycles. The fraction of sp³-hybridized carbons (Fsp3) is 0.600. The summed E-state index contributed by atoms with van der Waals surface area (Å²) >= 11 is 5.94. The van der Waals surface area contributed by atoms with E-state index < -0.39 is 6.10 Å². The molecule has 1 aliphatic carbocycles. The second-order valence-electron chi connectivity index (χ2n) is 9.02. The van der Waals surface area contributed by atoms with Gasteiger partial charge in [0, 0.05) is 24.0 Å². The smallest absolute Gasteiger partial charge is 0.267 e. The van der Waals surface area contributed by atoms with Crippen LogP contribution in [0, 0.1) is 10.8 Å². The Labute approximate surface area is 154 Å². The number of hydrogen-bond acceptors (Lipinski definition) is 3. The molecule has 2 fully saturated rings. The molecule has 1 aromatic rings. The van der Waals surface area contributed by atoms with Gasteiger partial charge in [-0.3, -0.25) is 4.79 Å². The van der Waals surface area contributed by atoms with Crippen LogP contribution < -0.4 is 0 Å². The van der Waals surface area contributed by atoms with Crippen LogP contribution in [0.1, 0.15) is 52.0 Å². The molecule has 2 bridgehead atoms. The number of halogens is 1. The quantitative estimate of drug-likeness (QED) is 0.790. The average molecular weight is 361 g/mol. The van der Waals surface area contributed by atoms with Gasteiger partial charge >= 0.3 is 0 Å². The molecular formula is C20H25ClN2O2. The molecule has 4 nitrogen and oxygen atoms in total. The van der Waals surface area contributed by atoms with Crippen LogP contribution in [0.5, 0.6) is 0 Å². The second kappa shape index (κ2) is 5.73. The van der Waals surface area contributed by atoms with Crippen molar-refractivity contribution in [2.75, 3.05) is 6.54 Å². The van der Waals surface area contributed by atoms with Gasteiger partial charge in [-0.2, -0.15) is 0 Å². The number of benzene rings is 1. The molecule has 25 heavy (non-hydrogen) atoms. The van der Waals surface area contributed by atoms with E-state index in [1.807, 2.05) is 24.3 Å². The van der Waals surface area contributed by atoms with Gasteiger partial charge in [0.05, 0.1) is 5.71 Å². The molecule has 0 aromatic heterocycles. The zero-order chi connectivity index (χ0) is 17.8. The van der Waals surface area contributed by atoms with Crippen LogP contribution in [0.4, 0.5) is 0 Å². The minimum Gasteiger partial charge on any atom is -0.382 e. The molecular weight excluding hydrogens is 336 g/mol. The molecule has 1 saturated carbocycles. The lowest BCUT2D eigenvalue weighted by Gasteiger charge is -2.39. The third-order valence-corrected chi connectivity index (χ3v) is 6.07. The largest absolute Gasteiger partial charge is 0.382 e. The summed E-state index contributed by atoms with van der Waals surface area (Å²) in [5.41, 5.74) is 2.33. The van der Waals surface area contributed by atoms with E-state index in [-0.39, 0.29) is 11.3 Å². The maximum absolute atomic E-state index is 13.1. The molecule has 5 heteroatoms. The maximum Gasteiger partial charge on any atom is 0.267 e. The maximum atomic E-state index is 13.1. The summed E-state index contributed by atoms with van der Waals surface area (Å²) in [6.45, 7) is 7.80. The lowest BCUT2D eigenvalue weighted by Crippen LogP contribution is -2.43. The molecule has 0 unspecified atom stereocenters. The van der Waals surface area contributed by atoms with Gasteiger partial charge in [-0.1, -0.05) is 49.7 Å². The summed E-state index contributed by atoms with van der Waals surface area (Å²) in [4.78, 5) is 20.7. The highest BCUT2D eigenvalue weighted by Gasteiger charge is 2.52. The second-order valence-corrected chi connectivity index (χ2v) is 9.46. The topological polar surface area (TPSA) is 41.9 Å². The highest BCUT2D eigenvalue weighted by Crippen LogP contribution is 2.52. The Hall–Kier alpha value is -1.55. The molecule has 4 rings (SSSR count). The van der Waals surface area contributed by atoms with E-state index in [4.69, 9.17) is 16.4 Å². The summed E-state index contributed by atoms with van der Waals surface area (Å²) in [6, 6.07) is 7.85. The van der Waals surface area contributed by atoms with Crippen LogP contribution in [0.3, 0.4) is 0 Å². The van der Waals surface area contributed by atoms with Gasteiger partial charge in [-0.25, -0.2) is 0 Å². The van der Waals surface area contributed by atoms with Crippen molar-refractivity contribution in [3.05, 3.63) is 34.9 Å². The number of carbonyl (C=O) groups excluding carboxylic acids is 1. The molecule has 2 aliphatic heterocycles.